The molecular weight excluding hydrogens is 254 g/mol. The predicted octanol–water partition coefficient (Wildman–Crippen LogP) is 2.37. The van der Waals surface area contributed by atoms with E-state index in [9.17, 15) is 9.90 Å². The van der Waals surface area contributed by atoms with Crippen molar-refractivity contribution in [3.8, 4) is 5.75 Å². The third-order valence-electron chi connectivity index (χ3n) is 3.80. The lowest BCUT2D eigenvalue weighted by atomic mass is 9.87. The van der Waals surface area contributed by atoms with Crippen molar-refractivity contribution in [2.24, 2.45) is 5.92 Å². The van der Waals surface area contributed by atoms with Crippen molar-refractivity contribution >= 4 is 5.91 Å². The van der Waals surface area contributed by atoms with Crippen molar-refractivity contribution in [3.63, 3.8) is 0 Å². The van der Waals surface area contributed by atoms with Gasteiger partial charge in [-0.25, -0.2) is 0 Å². The van der Waals surface area contributed by atoms with Gasteiger partial charge in [-0.15, -0.1) is 0 Å². The summed E-state index contributed by atoms with van der Waals surface area (Å²) in [5, 5.41) is 12.5. The lowest BCUT2D eigenvalue weighted by Crippen LogP contribution is -2.32. The Morgan fingerprint density at radius 2 is 2.00 bits per heavy atom. The van der Waals surface area contributed by atoms with Crippen LogP contribution >= 0.6 is 0 Å². The van der Waals surface area contributed by atoms with Crippen molar-refractivity contribution in [3.05, 3.63) is 29.8 Å². The molecule has 1 amide bonds. The van der Waals surface area contributed by atoms with Crippen molar-refractivity contribution < 1.29 is 14.6 Å². The van der Waals surface area contributed by atoms with Gasteiger partial charge in [0.2, 0.25) is 0 Å². The molecule has 20 heavy (non-hydrogen) atoms. The lowest BCUT2D eigenvalue weighted by molar-refractivity contribution is 0.0907. The third kappa shape index (κ3) is 3.97. The summed E-state index contributed by atoms with van der Waals surface area (Å²) < 4.78 is 5.47. The number of hydrogen-bond acceptors (Lipinski definition) is 3. The molecule has 1 saturated carbocycles. The second-order valence-electron chi connectivity index (χ2n) is 5.31. The van der Waals surface area contributed by atoms with Gasteiger partial charge in [-0.3, -0.25) is 4.79 Å². The van der Waals surface area contributed by atoms with Crippen LogP contribution < -0.4 is 10.1 Å². The van der Waals surface area contributed by atoms with Gasteiger partial charge in [0, 0.05) is 6.54 Å². The highest BCUT2D eigenvalue weighted by Gasteiger charge is 2.20. The fourth-order valence-corrected chi connectivity index (χ4v) is 2.62. The highest BCUT2D eigenvalue weighted by atomic mass is 16.5. The first-order valence-electron chi connectivity index (χ1n) is 7.38. The van der Waals surface area contributed by atoms with Crippen LogP contribution in [0.3, 0.4) is 0 Å². The maximum absolute atomic E-state index is 12.2. The van der Waals surface area contributed by atoms with Crippen LogP contribution in [0.4, 0.5) is 0 Å². The second kappa shape index (κ2) is 7.29. The minimum absolute atomic E-state index is 0.0832. The molecule has 0 aliphatic heterocycles. The minimum atomic E-state index is -0.152. The van der Waals surface area contributed by atoms with Crippen LogP contribution in [-0.2, 0) is 0 Å². The van der Waals surface area contributed by atoms with Crippen LogP contribution in [0, 0.1) is 5.92 Å². The van der Waals surface area contributed by atoms with E-state index >= 15 is 0 Å². The number of carbonyl (C=O) groups excluding carboxylic acids is 1. The molecule has 0 saturated heterocycles. The first kappa shape index (κ1) is 14.9. The van der Waals surface area contributed by atoms with Gasteiger partial charge in [0.25, 0.3) is 5.91 Å². The minimum Gasteiger partial charge on any atom is -0.493 e. The van der Waals surface area contributed by atoms with Gasteiger partial charge in [0.1, 0.15) is 5.75 Å². The number of hydrogen-bond donors (Lipinski definition) is 2. The van der Waals surface area contributed by atoms with E-state index < -0.39 is 0 Å². The van der Waals surface area contributed by atoms with E-state index in [1.807, 2.05) is 25.1 Å². The van der Waals surface area contributed by atoms with Crippen molar-refractivity contribution in [2.75, 3.05) is 13.2 Å². The summed E-state index contributed by atoms with van der Waals surface area (Å²) in [5.41, 5.74) is 0.588. The number of para-hydroxylation sites is 1. The van der Waals surface area contributed by atoms with Crippen LogP contribution in [0.2, 0.25) is 0 Å². The lowest BCUT2D eigenvalue weighted by Gasteiger charge is -2.25. The Labute approximate surface area is 120 Å². The van der Waals surface area contributed by atoms with Crippen LogP contribution in [0.15, 0.2) is 24.3 Å². The van der Waals surface area contributed by atoms with Gasteiger partial charge < -0.3 is 15.2 Å². The molecule has 0 atom stereocenters. The topological polar surface area (TPSA) is 58.6 Å². The second-order valence-corrected chi connectivity index (χ2v) is 5.31. The summed E-state index contributed by atoms with van der Waals surface area (Å²) in [6, 6.07) is 7.30. The smallest absolute Gasteiger partial charge is 0.255 e. The van der Waals surface area contributed by atoms with E-state index in [2.05, 4.69) is 5.32 Å². The molecular formula is C16H23NO3. The Hall–Kier alpha value is -1.55. The third-order valence-corrected chi connectivity index (χ3v) is 3.80. The Morgan fingerprint density at radius 3 is 2.70 bits per heavy atom. The fraction of sp³-hybridized carbons (Fsp3) is 0.562. The summed E-state index contributed by atoms with van der Waals surface area (Å²) >= 11 is 0. The molecule has 1 aliphatic carbocycles. The van der Waals surface area contributed by atoms with Crippen molar-refractivity contribution in [1.82, 2.24) is 5.32 Å². The SMILES string of the molecule is CCOc1ccccc1C(=O)NCC1CCC(O)CC1. The van der Waals surface area contributed by atoms with E-state index in [1.54, 1.807) is 6.07 Å². The summed E-state index contributed by atoms with van der Waals surface area (Å²) in [6.45, 7) is 3.12. The molecule has 0 unspecified atom stereocenters. The molecule has 0 bridgehead atoms. The van der Waals surface area contributed by atoms with E-state index in [1.165, 1.54) is 0 Å². The monoisotopic (exact) mass is 277 g/mol. The normalized spacial score (nSPS) is 22.3. The number of carbonyl (C=O) groups is 1. The van der Waals surface area contributed by atoms with Gasteiger partial charge >= 0.3 is 0 Å². The summed E-state index contributed by atoms with van der Waals surface area (Å²) in [5.74, 6) is 1.02. The quantitative estimate of drug-likeness (QED) is 0.868. The number of rotatable bonds is 5. The summed E-state index contributed by atoms with van der Waals surface area (Å²) in [7, 11) is 0. The first-order valence-corrected chi connectivity index (χ1v) is 7.38. The van der Waals surface area contributed by atoms with Gasteiger partial charge in [-0.1, -0.05) is 12.1 Å². The van der Waals surface area contributed by atoms with Crippen LogP contribution in [0.5, 0.6) is 5.75 Å². The van der Waals surface area contributed by atoms with E-state index in [0.717, 1.165) is 25.7 Å². The highest BCUT2D eigenvalue weighted by molar-refractivity contribution is 5.96. The molecule has 1 fully saturated rings. The average Bonchev–Trinajstić information content (AvgIpc) is 2.47. The number of ether oxygens (including phenoxy) is 1. The molecule has 2 rings (SSSR count). The maximum atomic E-state index is 12.2. The van der Waals surface area contributed by atoms with E-state index in [0.29, 0.717) is 30.4 Å². The average molecular weight is 277 g/mol. The molecule has 4 nitrogen and oxygen atoms in total. The Kier molecular flexibility index (Phi) is 5.41. The van der Waals surface area contributed by atoms with Gasteiger partial charge in [-0.2, -0.15) is 0 Å². The molecule has 0 radical (unpaired) electrons. The Morgan fingerprint density at radius 1 is 1.30 bits per heavy atom. The fourth-order valence-electron chi connectivity index (χ4n) is 2.62. The highest BCUT2D eigenvalue weighted by Crippen LogP contribution is 2.24. The summed E-state index contributed by atoms with van der Waals surface area (Å²) in [6.07, 6.45) is 3.50. The van der Waals surface area contributed by atoms with E-state index in [-0.39, 0.29) is 12.0 Å². The van der Waals surface area contributed by atoms with Crippen LogP contribution in [-0.4, -0.2) is 30.3 Å². The molecule has 0 spiro atoms. The number of aliphatic hydroxyl groups excluding tert-OH is 1. The largest absolute Gasteiger partial charge is 0.493 e. The zero-order valence-corrected chi connectivity index (χ0v) is 12.0. The zero-order valence-electron chi connectivity index (χ0n) is 12.0. The summed E-state index contributed by atoms with van der Waals surface area (Å²) in [4.78, 5) is 12.2. The molecule has 2 N–H and O–H groups in total. The van der Waals surface area contributed by atoms with Crippen molar-refractivity contribution in [1.29, 1.82) is 0 Å². The van der Waals surface area contributed by atoms with Gasteiger partial charge in [-0.05, 0) is 50.7 Å². The molecule has 110 valence electrons. The number of amides is 1. The van der Waals surface area contributed by atoms with Gasteiger partial charge in [0.15, 0.2) is 0 Å². The maximum Gasteiger partial charge on any atom is 0.255 e. The van der Waals surface area contributed by atoms with Gasteiger partial charge in [0.05, 0.1) is 18.3 Å². The number of nitrogens with one attached hydrogen (secondary N) is 1. The van der Waals surface area contributed by atoms with Crippen molar-refractivity contribution in [2.45, 2.75) is 38.7 Å². The zero-order chi connectivity index (χ0) is 14.4. The molecule has 1 aliphatic rings. The Balaban J connectivity index is 1.88. The van der Waals surface area contributed by atoms with E-state index in [4.69, 9.17) is 4.74 Å². The Bertz CT molecular complexity index is 439. The number of aliphatic hydroxyl groups is 1. The predicted molar refractivity (Wildman–Crippen MR) is 77.9 cm³/mol. The molecule has 1 aromatic carbocycles. The molecule has 1 aromatic rings. The number of benzene rings is 1. The molecule has 0 heterocycles. The van der Waals surface area contributed by atoms with Crippen LogP contribution in [0.25, 0.3) is 0 Å². The standard InChI is InChI=1S/C16H23NO3/c1-2-20-15-6-4-3-5-14(15)16(19)17-11-12-7-9-13(18)10-8-12/h3-6,12-13,18H,2,7-11H2,1H3,(H,17,19). The first-order chi connectivity index (χ1) is 9.70. The molecule has 4 heteroatoms. The van der Waals surface area contributed by atoms with Crippen LogP contribution in [0.1, 0.15) is 43.0 Å². The molecule has 0 aromatic heterocycles.